The molecule has 0 aromatic carbocycles. The van der Waals surface area contributed by atoms with Crippen LogP contribution in [0.25, 0.3) is 0 Å². The fraction of sp³-hybridized carbons (Fsp3) is 0.444. The Morgan fingerprint density at radius 3 is 2.88 bits per heavy atom. The summed E-state index contributed by atoms with van der Waals surface area (Å²) in [5.41, 5.74) is 0.620. The van der Waals surface area contributed by atoms with Gasteiger partial charge in [-0.1, -0.05) is 11.6 Å². The number of amides is 1. The van der Waals surface area contributed by atoms with Crippen LogP contribution < -0.4 is 5.32 Å². The van der Waals surface area contributed by atoms with Crippen molar-refractivity contribution in [2.75, 3.05) is 7.05 Å². The molecule has 6 nitrogen and oxygen atoms in total. The number of nitrogens with one attached hydrogen (secondary N) is 1. The van der Waals surface area contributed by atoms with E-state index in [9.17, 15) is 14.9 Å². The lowest BCUT2D eigenvalue weighted by atomic mass is 10.2. The van der Waals surface area contributed by atoms with Crippen molar-refractivity contribution >= 4 is 23.2 Å². The van der Waals surface area contributed by atoms with Crippen LogP contribution in [-0.2, 0) is 13.0 Å². The highest BCUT2D eigenvalue weighted by atomic mass is 35.5. The third-order valence-electron chi connectivity index (χ3n) is 2.70. The van der Waals surface area contributed by atoms with Gasteiger partial charge in [-0.05, 0) is 12.8 Å². The van der Waals surface area contributed by atoms with E-state index < -0.39 is 4.92 Å². The average molecular weight is 244 g/mol. The second-order valence-corrected chi connectivity index (χ2v) is 3.93. The minimum Gasteiger partial charge on any atom is -0.354 e. The van der Waals surface area contributed by atoms with Gasteiger partial charge in [0.05, 0.1) is 10.6 Å². The molecule has 86 valence electrons. The van der Waals surface area contributed by atoms with E-state index in [1.54, 1.807) is 4.57 Å². The fourth-order valence-corrected chi connectivity index (χ4v) is 2.42. The molecule has 1 aromatic heterocycles. The number of carbonyl (C=O) groups excluding carboxylic acids is 1. The third-order valence-corrected chi connectivity index (χ3v) is 3.06. The van der Waals surface area contributed by atoms with E-state index in [0.717, 1.165) is 6.42 Å². The van der Waals surface area contributed by atoms with Gasteiger partial charge in [0.15, 0.2) is 0 Å². The predicted octanol–water partition coefficient (Wildman–Crippen LogP) is 1.36. The summed E-state index contributed by atoms with van der Waals surface area (Å²) in [6, 6.07) is 0. The first-order valence-corrected chi connectivity index (χ1v) is 5.23. The van der Waals surface area contributed by atoms with Crippen molar-refractivity contribution in [2.24, 2.45) is 0 Å². The molecule has 0 aliphatic carbocycles. The van der Waals surface area contributed by atoms with Gasteiger partial charge in [-0.3, -0.25) is 14.9 Å². The molecule has 0 saturated heterocycles. The maximum Gasteiger partial charge on any atom is 0.309 e. The van der Waals surface area contributed by atoms with Crippen molar-refractivity contribution in [2.45, 2.75) is 19.4 Å². The molecule has 1 N–H and O–H groups in total. The number of hydrogen-bond donors (Lipinski definition) is 1. The molecule has 7 heteroatoms. The summed E-state index contributed by atoms with van der Waals surface area (Å²) in [4.78, 5) is 22.0. The molecule has 2 heterocycles. The number of nitro groups is 1. The molecule has 1 amide bonds. The lowest BCUT2D eigenvalue weighted by Crippen LogP contribution is -2.21. The Hall–Kier alpha value is -1.56. The van der Waals surface area contributed by atoms with Crippen LogP contribution in [0.15, 0.2) is 0 Å². The zero-order chi connectivity index (χ0) is 11.9. The summed E-state index contributed by atoms with van der Waals surface area (Å²) in [5, 5.41) is 13.3. The van der Waals surface area contributed by atoms with Gasteiger partial charge < -0.3 is 9.88 Å². The highest BCUT2D eigenvalue weighted by Gasteiger charge is 2.34. The number of hydrogen-bond acceptors (Lipinski definition) is 3. The van der Waals surface area contributed by atoms with Crippen molar-refractivity contribution < 1.29 is 9.72 Å². The second-order valence-electron chi connectivity index (χ2n) is 3.55. The van der Waals surface area contributed by atoms with E-state index in [1.165, 1.54) is 7.05 Å². The molecule has 2 rings (SSSR count). The summed E-state index contributed by atoms with van der Waals surface area (Å²) in [7, 11) is 1.47. The van der Waals surface area contributed by atoms with Crippen LogP contribution in [0.4, 0.5) is 5.69 Å². The smallest absolute Gasteiger partial charge is 0.309 e. The lowest BCUT2D eigenvalue weighted by Gasteiger charge is -2.03. The van der Waals surface area contributed by atoms with Gasteiger partial charge >= 0.3 is 5.69 Å². The first-order chi connectivity index (χ1) is 7.57. The molecule has 16 heavy (non-hydrogen) atoms. The SMILES string of the molecule is CNC(=O)c1c(Cl)c([N+](=O)[O-])c2n1CCC2. The number of fused-ring (bicyclic) bond motifs is 1. The molecule has 1 aliphatic heterocycles. The first-order valence-electron chi connectivity index (χ1n) is 4.85. The van der Waals surface area contributed by atoms with Crippen LogP contribution in [0, 0.1) is 10.1 Å². The maximum absolute atomic E-state index is 11.6. The Labute approximate surface area is 96.3 Å². The number of rotatable bonds is 2. The zero-order valence-electron chi connectivity index (χ0n) is 8.62. The minimum atomic E-state index is -0.522. The van der Waals surface area contributed by atoms with Crippen LogP contribution in [-0.4, -0.2) is 22.4 Å². The maximum atomic E-state index is 11.6. The lowest BCUT2D eigenvalue weighted by molar-refractivity contribution is -0.385. The van der Waals surface area contributed by atoms with E-state index >= 15 is 0 Å². The molecule has 1 aliphatic rings. The normalized spacial score (nSPS) is 13.6. The standard InChI is InChI=1S/C9H10ClN3O3/c1-11-9(14)8-6(10)7(13(15)16)5-3-2-4-12(5)8/h2-4H2,1H3,(H,11,14). The van der Waals surface area contributed by atoms with Crippen molar-refractivity contribution in [3.05, 3.63) is 26.5 Å². The quantitative estimate of drug-likeness (QED) is 0.629. The van der Waals surface area contributed by atoms with E-state index in [4.69, 9.17) is 11.6 Å². The van der Waals surface area contributed by atoms with Gasteiger partial charge in [0.2, 0.25) is 0 Å². The molecule has 0 atom stereocenters. The van der Waals surface area contributed by atoms with Gasteiger partial charge in [-0.25, -0.2) is 0 Å². The van der Waals surface area contributed by atoms with Gasteiger partial charge in [0.1, 0.15) is 10.7 Å². The Morgan fingerprint density at radius 1 is 1.62 bits per heavy atom. The van der Waals surface area contributed by atoms with E-state index in [0.29, 0.717) is 18.7 Å². The Balaban J connectivity index is 2.67. The van der Waals surface area contributed by atoms with Gasteiger partial charge in [0.25, 0.3) is 5.91 Å². The van der Waals surface area contributed by atoms with E-state index in [1.807, 2.05) is 0 Å². The molecule has 1 aromatic rings. The molecule has 0 fully saturated rings. The Morgan fingerprint density at radius 2 is 2.31 bits per heavy atom. The van der Waals surface area contributed by atoms with Crippen LogP contribution in [0.1, 0.15) is 22.6 Å². The summed E-state index contributed by atoms with van der Waals surface area (Å²) in [6.07, 6.45) is 1.39. The monoisotopic (exact) mass is 243 g/mol. The summed E-state index contributed by atoms with van der Waals surface area (Å²) in [5.74, 6) is -0.388. The highest BCUT2D eigenvalue weighted by Crippen LogP contribution is 2.38. The van der Waals surface area contributed by atoms with E-state index in [-0.39, 0.29) is 22.3 Å². The van der Waals surface area contributed by atoms with Gasteiger partial charge in [-0.15, -0.1) is 0 Å². The zero-order valence-corrected chi connectivity index (χ0v) is 9.37. The first kappa shape index (κ1) is 10.9. The molecular weight excluding hydrogens is 234 g/mol. The number of halogens is 1. The second kappa shape index (κ2) is 3.79. The minimum absolute atomic E-state index is 0.0564. The molecule has 0 bridgehead atoms. The topological polar surface area (TPSA) is 77.2 Å². The fourth-order valence-electron chi connectivity index (χ4n) is 2.05. The molecule has 0 unspecified atom stereocenters. The summed E-state index contributed by atoms with van der Waals surface area (Å²) < 4.78 is 1.64. The van der Waals surface area contributed by atoms with Crippen molar-refractivity contribution in [1.82, 2.24) is 9.88 Å². The highest BCUT2D eigenvalue weighted by molar-refractivity contribution is 6.36. The molecule has 0 saturated carbocycles. The summed E-state index contributed by atoms with van der Waals surface area (Å²) >= 11 is 5.89. The average Bonchev–Trinajstić information content (AvgIpc) is 2.75. The summed E-state index contributed by atoms with van der Waals surface area (Å²) in [6.45, 7) is 0.603. The number of nitrogens with zero attached hydrogens (tertiary/aromatic N) is 2. The van der Waals surface area contributed by atoms with Crippen LogP contribution in [0.3, 0.4) is 0 Å². The molecule has 0 spiro atoms. The third kappa shape index (κ3) is 1.37. The molecule has 0 radical (unpaired) electrons. The van der Waals surface area contributed by atoms with Crippen molar-refractivity contribution in [1.29, 1.82) is 0 Å². The number of aromatic nitrogens is 1. The molecular formula is C9H10ClN3O3. The van der Waals surface area contributed by atoms with Gasteiger partial charge in [-0.2, -0.15) is 0 Å². The van der Waals surface area contributed by atoms with Gasteiger partial charge in [0, 0.05) is 13.6 Å². The predicted molar refractivity (Wildman–Crippen MR) is 57.8 cm³/mol. The van der Waals surface area contributed by atoms with Crippen molar-refractivity contribution in [3.63, 3.8) is 0 Å². The number of carbonyl (C=O) groups is 1. The van der Waals surface area contributed by atoms with Crippen LogP contribution >= 0.6 is 11.6 Å². The Bertz CT molecular complexity index is 481. The largest absolute Gasteiger partial charge is 0.354 e. The van der Waals surface area contributed by atoms with Crippen LogP contribution in [0.2, 0.25) is 5.02 Å². The van der Waals surface area contributed by atoms with Crippen molar-refractivity contribution in [3.8, 4) is 0 Å². The Kier molecular flexibility index (Phi) is 2.59. The van der Waals surface area contributed by atoms with Crippen LogP contribution in [0.5, 0.6) is 0 Å². The van der Waals surface area contributed by atoms with E-state index in [2.05, 4.69) is 5.32 Å².